The maximum absolute atomic E-state index is 12.1. The van der Waals surface area contributed by atoms with E-state index in [1.165, 1.54) is 6.07 Å². The number of ether oxygens (including phenoxy) is 1. The molecule has 3 rings (SSSR count). The largest absolute Gasteiger partial charge is 0.426 e. The molecule has 1 N–H and O–H groups in total. The van der Waals surface area contributed by atoms with Crippen LogP contribution in [-0.2, 0) is 16.0 Å². The average molecular weight is 357 g/mol. The summed E-state index contributed by atoms with van der Waals surface area (Å²) in [4.78, 5) is 35.4. The Labute approximate surface area is 151 Å². The highest BCUT2D eigenvalue weighted by atomic mass is 16.5. The number of amides is 1. The summed E-state index contributed by atoms with van der Waals surface area (Å²) < 4.78 is 10.7. The Morgan fingerprint density at radius 2 is 2.04 bits per heavy atom. The van der Waals surface area contributed by atoms with Gasteiger partial charge in [0.15, 0.2) is 0 Å². The minimum Gasteiger partial charge on any atom is -0.426 e. The second-order valence-electron chi connectivity index (χ2n) is 6.89. The first kappa shape index (κ1) is 18.2. The first-order valence-corrected chi connectivity index (χ1v) is 8.94. The number of benzene rings is 1. The normalized spacial score (nSPS) is 18.6. The van der Waals surface area contributed by atoms with E-state index >= 15 is 0 Å². The van der Waals surface area contributed by atoms with Crippen LogP contribution < -0.4 is 15.7 Å². The van der Waals surface area contributed by atoms with Crippen LogP contribution in [0.3, 0.4) is 0 Å². The summed E-state index contributed by atoms with van der Waals surface area (Å²) in [7, 11) is 0. The van der Waals surface area contributed by atoms with Gasteiger partial charge in [0, 0.05) is 30.0 Å². The van der Waals surface area contributed by atoms with Crippen LogP contribution in [0.1, 0.15) is 37.8 Å². The van der Waals surface area contributed by atoms with E-state index in [-0.39, 0.29) is 24.8 Å². The number of carbonyl (C=O) groups excluding carboxylic acids is 2. The van der Waals surface area contributed by atoms with Gasteiger partial charge in [-0.2, -0.15) is 0 Å². The van der Waals surface area contributed by atoms with Crippen molar-refractivity contribution in [2.75, 3.05) is 6.54 Å². The van der Waals surface area contributed by atoms with E-state index in [1.807, 2.05) is 26.8 Å². The number of fused-ring (bicyclic) bond motifs is 1. The summed E-state index contributed by atoms with van der Waals surface area (Å²) in [5.74, 6) is 0.482. The number of nitrogens with one attached hydrogen (secondary N) is 1. The van der Waals surface area contributed by atoms with Gasteiger partial charge in [0.1, 0.15) is 11.3 Å². The molecule has 2 unspecified atom stereocenters. The molecule has 0 radical (unpaired) electrons. The van der Waals surface area contributed by atoms with Gasteiger partial charge in [-0.3, -0.25) is 9.59 Å². The molecule has 2 atom stereocenters. The number of aryl methyl sites for hydroxylation is 2. The van der Waals surface area contributed by atoms with E-state index in [2.05, 4.69) is 5.32 Å². The molecule has 6 nitrogen and oxygen atoms in total. The van der Waals surface area contributed by atoms with Crippen molar-refractivity contribution in [1.82, 2.24) is 5.32 Å². The number of hydrogen-bond acceptors (Lipinski definition) is 5. The molecule has 1 amide bonds. The van der Waals surface area contributed by atoms with Gasteiger partial charge in [0.05, 0.1) is 6.42 Å². The smallest absolute Gasteiger partial charge is 0.336 e. The van der Waals surface area contributed by atoms with E-state index in [0.29, 0.717) is 23.7 Å². The molecule has 1 aromatic carbocycles. The predicted octanol–water partition coefficient (Wildman–Crippen LogP) is 2.73. The SMILES string of the molecule is CCc1cc2c(C)cc(=O)oc2cc1OC(=O)CCNC(=O)C1CC1C. The molecule has 1 fully saturated rings. The molecule has 1 aliphatic rings. The highest BCUT2D eigenvalue weighted by molar-refractivity contribution is 5.84. The van der Waals surface area contributed by atoms with Crippen LogP contribution in [-0.4, -0.2) is 18.4 Å². The topological polar surface area (TPSA) is 85.6 Å². The maximum Gasteiger partial charge on any atom is 0.336 e. The molecule has 1 aromatic heterocycles. The van der Waals surface area contributed by atoms with Crippen molar-refractivity contribution < 1.29 is 18.7 Å². The zero-order chi connectivity index (χ0) is 18.8. The standard InChI is InChI=1S/C20H23NO5/c1-4-13-9-14-12(3)8-19(23)26-17(14)10-16(13)25-18(22)5-6-21-20(24)15-7-11(15)2/h8-11,15H,4-7H2,1-3H3,(H,21,24). The first-order chi connectivity index (χ1) is 12.4. The third-order valence-electron chi connectivity index (χ3n) is 4.81. The Bertz CT molecular complexity index is 914. The van der Waals surface area contributed by atoms with Gasteiger partial charge in [-0.15, -0.1) is 0 Å². The highest BCUT2D eigenvalue weighted by Gasteiger charge is 2.38. The average Bonchev–Trinajstić information content (AvgIpc) is 3.31. The molecular weight excluding hydrogens is 334 g/mol. The molecular formula is C20H23NO5. The predicted molar refractivity (Wildman–Crippen MR) is 97.1 cm³/mol. The lowest BCUT2D eigenvalue weighted by Crippen LogP contribution is -2.28. The summed E-state index contributed by atoms with van der Waals surface area (Å²) in [5, 5.41) is 3.59. The zero-order valence-corrected chi connectivity index (χ0v) is 15.3. The molecule has 1 aliphatic carbocycles. The molecule has 26 heavy (non-hydrogen) atoms. The number of rotatable bonds is 6. The van der Waals surface area contributed by atoms with Crippen molar-refractivity contribution in [2.24, 2.45) is 11.8 Å². The fourth-order valence-electron chi connectivity index (χ4n) is 3.04. The van der Waals surface area contributed by atoms with Gasteiger partial charge in [-0.05, 0) is 42.9 Å². The summed E-state index contributed by atoms with van der Waals surface area (Å²) in [5.41, 5.74) is 1.64. The molecule has 0 bridgehead atoms. The van der Waals surface area contributed by atoms with Crippen molar-refractivity contribution in [1.29, 1.82) is 0 Å². The minimum atomic E-state index is -0.437. The summed E-state index contributed by atoms with van der Waals surface area (Å²) in [6.07, 6.45) is 1.68. The quantitative estimate of drug-likeness (QED) is 0.488. The van der Waals surface area contributed by atoms with Gasteiger partial charge < -0.3 is 14.5 Å². The fourth-order valence-corrected chi connectivity index (χ4v) is 3.04. The van der Waals surface area contributed by atoms with Crippen LogP contribution in [0, 0.1) is 18.8 Å². The maximum atomic E-state index is 12.1. The molecule has 1 saturated carbocycles. The van der Waals surface area contributed by atoms with E-state index < -0.39 is 11.6 Å². The Balaban J connectivity index is 1.68. The van der Waals surface area contributed by atoms with Crippen LogP contribution in [0.25, 0.3) is 11.0 Å². The van der Waals surface area contributed by atoms with Gasteiger partial charge in [0.25, 0.3) is 0 Å². The van der Waals surface area contributed by atoms with E-state index in [0.717, 1.165) is 22.9 Å². The van der Waals surface area contributed by atoms with Crippen LogP contribution in [0.5, 0.6) is 5.75 Å². The summed E-state index contributed by atoms with van der Waals surface area (Å²) in [6.45, 7) is 6.09. The van der Waals surface area contributed by atoms with Crippen LogP contribution in [0.4, 0.5) is 0 Å². The van der Waals surface area contributed by atoms with Crippen LogP contribution in [0.15, 0.2) is 27.4 Å². The number of carbonyl (C=O) groups is 2. The number of esters is 1. The van der Waals surface area contributed by atoms with E-state index in [4.69, 9.17) is 9.15 Å². The van der Waals surface area contributed by atoms with Gasteiger partial charge in [0.2, 0.25) is 5.91 Å². The van der Waals surface area contributed by atoms with E-state index in [9.17, 15) is 14.4 Å². The van der Waals surface area contributed by atoms with E-state index in [1.54, 1.807) is 6.07 Å². The lowest BCUT2D eigenvalue weighted by molar-refractivity contribution is -0.134. The lowest BCUT2D eigenvalue weighted by Gasteiger charge is -2.11. The molecule has 2 aromatic rings. The van der Waals surface area contributed by atoms with Crippen LogP contribution in [0.2, 0.25) is 0 Å². The Morgan fingerprint density at radius 1 is 1.31 bits per heavy atom. The lowest BCUT2D eigenvalue weighted by atomic mass is 10.1. The molecule has 1 heterocycles. The highest BCUT2D eigenvalue weighted by Crippen LogP contribution is 2.37. The number of hydrogen-bond donors (Lipinski definition) is 1. The molecule has 0 saturated heterocycles. The monoisotopic (exact) mass is 357 g/mol. The molecule has 138 valence electrons. The molecule has 0 spiro atoms. The summed E-state index contributed by atoms with van der Waals surface area (Å²) in [6, 6.07) is 4.91. The molecule has 6 heteroatoms. The Hall–Kier alpha value is -2.63. The third kappa shape index (κ3) is 3.95. The third-order valence-corrected chi connectivity index (χ3v) is 4.81. The fraction of sp³-hybridized carbons (Fsp3) is 0.450. The second kappa shape index (κ2) is 7.32. The summed E-state index contributed by atoms with van der Waals surface area (Å²) >= 11 is 0. The van der Waals surface area contributed by atoms with Crippen LogP contribution >= 0.6 is 0 Å². The minimum absolute atomic E-state index is 0.00232. The Morgan fingerprint density at radius 3 is 2.69 bits per heavy atom. The van der Waals surface area contributed by atoms with Crippen molar-refractivity contribution in [2.45, 2.75) is 40.0 Å². The van der Waals surface area contributed by atoms with Crippen molar-refractivity contribution in [3.05, 3.63) is 39.7 Å². The van der Waals surface area contributed by atoms with Gasteiger partial charge >= 0.3 is 11.6 Å². The van der Waals surface area contributed by atoms with Gasteiger partial charge in [-0.25, -0.2) is 4.79 Å². The van der Waals surface area contributed by atoms with Crippen molar-refractivity contribution in [3.63, 3.8) is 0 Å². The Kier molecular flexibility index (Phi) is 5.11. The zero-order valence-electron chi connectivity index (χ0n) is 15.3. The van der Waals surface area contributed by atoms with Crippen molar-refractivity contribution >= 4 is 22.8 Å². The second-order valence-corrected chi connectivity index (χ2v) is 6.89. The van der Waals surface area contributed by atoms with Crippen molar-refractivity contribution in [3.8, 4) is 5.75 Å². The van der Waals surface area contributed by atoms with Gasteiger partial charge in [-0.1, -0.05) is 13.8 Å². The molecule has 0 aliphatic heterocycles. The first-order valence-electron chi connectivity index (χ1n) is 8.94.